The van der Waals surface area contributed by atoms with Gasteiger partial charge in [-0.25, -0.2) is 0 Å². The normalized spacial score (nSPS) is 15.1. The SMILES string of the molecule is C/C(=C\COC(=O)CCCCCC(C)CCCCCC(=O)OC/C=C(\C)CCCC(C)CCCC(C)CCCC(C)C)CCCC(C)CCCC(C)CCCC(C)C. The zero-order valence-electron chi connectivity index (χ0n) is 41.0. The lowest BCUT2D eigenvalue weighted by atomic mass is 9.91. The molecule has 0 spiro atoms. The molecule has 0 aliphatic carbocycles. The van der Waals surface area contributed by atoms with Crippen LogP contribution in [-0.4, -0.2) is 25.2 Å². The number of hydrogen-bond acceptors (Lipinski definition) is 4. The lowest BCUT2D eigenvalue weighted by Gasteiger charge is -2.15. The molecule has 0 amide bonds. The van der Waals surface area contributed by atoms with Crippen molar-refractivity contribution in [1.82, 2.24) is 0 Å². The Balaban J connectivity index is 3.76. The number of carbonyl (C=O) groups is 2. The van der Waals surface area contributed by atoms with Gasteiger partial charge in [0.2, 0.25) is 0 Å². The molecule has 4 heteroatoms. The molecule has 0 aromatic carbocycles. The van der Waals surface area contributed by atoms with E-state index in [0.29, 0.717) is 32.0 Å². The molecule has 4 unspecified atom stereocenters. The van der Waals surface area contributed by atoms with Crippen LogP contribution in [0.1, 0.15) is 256 Å². The van der Waals surface area contributed by atoms with Crippen LogP contribution in [-0.2, 0) is 19.1 Å². The van der Waals surface area contributed by atoms with E-state index in [2.05, 4.69) is 88.3 Å². The Morgan fingerprint density at radius 2 is 0.621 bits per heavy atom. The Kier molecular flexibility index (Phi) is 37.3. The molecular formula is C54H102O4. The predicted molar refractivity (Wildman–Crippen MR) is 254 cm³/mol. The molecule has 58 heavy (non-hydrogen) atoms. The molecule has 0 radical (unpaired) electrons. The van der Waals surface area contributed by atoms with Crippen LogP contribution in [0.5, 0.6) is 0 Å². The molecule has 0 aliphatic rings. The van der Waals surface area contributed by atoms with Crippen molar-refractivity contribution in [2.45, 2.75) is 256 Å². The van der Waals surface area contributed by atoms with Crippen molar-refractivity contribution < 1.29 is 19.1 Å². The zero-order valence-corrected chi connectivity index (χ0v) is 41.0. The topological polar surface area (TPSA) is 52.6 Å². The molecular weight excluding hydrogens is 713 g/mol. The summed E-state index contributed by atoms with van der Waals surface area (Å²) in [7, 11) is 0. The molecule has 0 saturated heterocycles. The van der Waals surface area contributed by atoms with Gasteiger partial charge in [0.25, 0.3) is 0 Å². The Labute approximate surface area is 363 Å². The minimum absolute atomic E-state index is 0.0624. The molecule has 0 aromatic rings. The highest BCUT2D eigenvalue weighted by Crippen LogP contribution is 2.24. The highest BCUT2D eigenvalue weighted by molar-refractivity contribution is 5.69. The lowest BCUT2D eigenvalue weighted by Crippen LogP contribution is -2.05. The summed E-state index contributed by atoms with van der Waals surface area (Å²) in [6.07, 6.45) is 37.7. The van der Waals surface area contributed by atoms with Gasteiger partial charge in [0.1, 0.15) is 13.2 Å². The standard InChI is InChI=1S/C54H102O4/c1-44(2)24-18-28-47(6)30-20-32-49(8)34-22-36-51(10)40-42-57-53(55)38-16-12-14-26-46(5)27-15-13-17-39-54(56)58-43-41-52(11)37-23-35-50(9)33-21-31-48(7)29-19-25-45(3)4/h40-41,44-50H,12-39,42-43H2,1-11H3/b51-40+,52-41+. The van der Waals surface area contributed by atoms with Gasteiger partial charge in [0.05, 0.1) is 0 Å². The van der Waals surface area contributed by atoms with E-state index in [1.54, 1.807) is 0 Å². The first-order valence-corrected chi connectivity index (χ1v) is 25.3. The van der Waals surface area contributed by atoms with Gasteiger partial charge in [-0.1, -0.05) is 202 Å². The summed E-state index contributed by atoms with van der Waals surface area (Å²) in [6, 6.07) is 0. The summed E-state index contributed by atoms with van der Waals surface area (Å²) in [6.45, 7) is 26.5. The first-order chi connectivity index (χ1) is 27.7. The number of rotatable bonds is 40. The summed E-state index contributed by atoms with van der Waals surface area (Å²) < 4.78 is 11.0. The molecule has 0 saturated carbocycles. The molecule has 4 atom stereocenters. The summed E-state index contributed by atoms with van der Waals surface area (Å²) in [4.78, 5) is 24.5. The third-order valence-corrected chi connectivity index (χ3v) is 12.8. The smallest absolute Gasteiger partial charge is 0.306 e. The van der Waals surface area contributed by atoms with Crippen LogP contribution in [0.15, 0.2) is 23.3 Å². The number of allylic oxidation sites excluding steroid dienone is 2. The fourth-order valence-electron chi connectivity index (χ4n) is 8.34. The highest BCUT2D eigenvalue weighted by atomic mass is 16.5. The fourth-order valence-corrected chi connectivity index (χ4v) is 8.34. The van der Waals surface area contributed by atoms with Crippen molar-refractivity contribution in [1.29, 1.82) is 0 Å². The maximum absolute atomic E-state index is 12.2. The van der Waals surface area contributed by atoms with Crippen molar-refractivity contribution in [2.75, 3.05) is 13.2 Å². The monoisotopic (exact) mass is 815 g/mol. The first kappa shape index (κ1) is 56.4. The molecule has 0 heterocycles. The van der Waals surface area contributed by atoms with Crippen LogP contribution in [0.25, 0.3) is 0 Å². The number of esters is 2. The zero-order chi connectivity index (χ0) is 43.4. The maximum Gasteiger partial charge on any atom is 0.306 e. The summed E-state index contributed by atoms with van der Waals surface area (Å²) in [5, 5.41) is 0. The quantitative estimate of drug-likeness (QED) is 0.0351. The Morgan fingerprint density at radius 3 is 0.931 bits per heavy atom. The van der Waals surface area contributed by atoms with Crippen molar-refractivity contribution in [3.63, 3.8) is 0 Å². The van der Waals surface area contributed by atoms with Crippen LogP contribution >= 0.6 is 0 Å². The third kappa shape index (κ3) is 39.9. The first-order valence-electron chi connectivity index (χ1n) is 25.3. The van der Waals surface area contributed by atoms with E-state index in [1.165, 1.54) is 140 Å². The predicted octanol–water partition coefficient (Wildman–Crippen LogP) is 17.4. The van der Waals surface area contributed by atoms with Crippen molar-refractivity contribution in [2.24, 2.45) is 41.4 Å². The summed E-state index contributed by atoms with van der Waals surface area (Å²) >= 11 is 0. The number of ether oxygens (including phenoxy) is 2. The fraction of sp³-hybridized carbons (Fsp3) is 0.889. The molecule has 0 N–H and O–H groups in total. The van der Waals surface area contributed by atoms with Crippen molar-refractivity contribution in [3.8, 4) is 0 Å². The van der Waals surface area contributed by atoms with Gasteiger partial charge in [0, 0.05) is 12.8 Å². The second-order valence-electron chi connectivity index (χ2n) is 20.5. The summed E-state index contributed by atoms with van der Waals surface area (Å²) in [5.41, 5.74) is 2.69. The van der Waals surface area contributed by atoms with Gasteiger partial charge in [-0.15, -0.1) is 0 Å². The molecule has 0 bridgehead atoms. The molecule has 0 fully saturated rings. The average Bonchev–Trinajstić information content (AvgIpc) is 3.14. The van der Waals surface area contributed by atoms with Crippen molar-refractivity contribution in [3.05, 3.63) is 23.3 Å². The molecule has 342 valence electrons. The largest absolute Gasteiger partial charge is 0.461 e. The van der Waals surface area contributed by atoms with E-state index in [4.69, 9.17) is 9.47 Å². The van der Waals surface area contributed by atoms with E-state index < -0.39 is 0 Å². The average molecular weight is 815 g/mol. The highest BCUT2D eigenvalue weighted by Gasteiger charge is 2.10. The molecule has 4 nitrogen and oxygen atoms in total. The van der Waals surface area contributed by atoms with E-state index in [0.717, 1.165) is 74.0 Å². The number of unbranched alkanes of at least 4 members (excludes halogenated alkanes) is 4. The number of hydrogen-bond donors (Lipinski definition) is 0. The van der Waals surface area contributed by atoms with Gasteiger partial charge in [-0.3, -0.25) is 9.59 Å². The third-order valence-electron chi connectivity index (χ3n) is 12.8. The van der Waals surface area contributed by atoms with Crippen molar-refractivity contribution >= 4 is 11.9 Å². The van der Waals surface area contributed by atoms with E-state index in [1.807, 2.05) is 0 Å². The lowest BCUT2D eigenvalue weighted by molar-refractivity contribution is -0.143. The Bertz CT molecular complexity index is 944. The Hall–Kier alpha value is -1.58. The van der Waals surface area contributed by atoms with Crippen LogP contribution in [0.3, 0.4) is 0 Å². The molecule has 0 rings (SSSR count). The second-order valence-corrected chi connectivity index (χ2v) is 20.5. The van der Waals surface area contributed by atoms with Gasteiger partial charge < -0.3 is 9.47 Å². The second kappa shape index (κ2) is 38.3. The molecule has 0 aliphatic heterocycles. The van der Waals surface area contributed by atoms with Gasteiger partial charge >= 0.3 is 11.9 Å². The van der Waals surface area contributed by atoms with Gasteiger partial charge in [-0.05, 0) is 106 Å². The van der Waals surface area contributed by atoms with Gasteiger partial charge in [0.15, 0.2) is 0 Å². The summed E-state index contributed by atoms with van der Waals surface area (Å²) in [5.74, 6) is 5.57. The molecule has 0 aromatic heterocycles. The van der Waals surface area contributed by atoms with E-state index in [-0.39, 0.29) is 11.9 Å². The van der Waals surface area contributed by atoms with Crippen LogP contribution in [0.4, 0.5) is 0 Å². The maximum atomic E-state index is 12.2. The van der Waals surface area contributed by atoms with Crippen LogP contribution in [0.2, 0.25) is 0 Å². The Morgan fingerprint density at radius 1 is 0.345 bits per heavy atom. The minimum atomic E-state index is -0.0624. The number of carbonyl (C=O) groups excluding carboxylic acids is 2. The van der Waals surface area contributed by atoms with Gasteiger partial charge in [-0.2, -0.15) is 0 Å². The van der Waals surface area contributed by atoms with Crippen LogP contribution in [0, 0.1) is 41.4 Å². The van der Waals surface area contributed by atoms with Crippen LogP contribution < -0.4 is 0 Å². The minimum Gasteiger partial charge on any atom is -0.461 e. The van der Waals surface area contributed by atoms with E-state index >= 15 is 0 Å². The van der Waals surface area contributed by atoms with E-state index in [9.17, 15) is 9.59 Å².